The molecule has 5 heteroatoms. The lowest BCUT2D eigenvalue weighted by molar-refractivity contribution is 0.0749. The highest BCUT2D eigenvalue weighted by Crippen LogP contribution is 2.26. The lowest BCUT2D eigenvalue weighted by atomic mass is 9.93. The first kappa shape index (κ1) is 22.5. The summed E-state index contributed by atoms with van der Waals surface area (Å²) in [6.45, 7) is 3.47. The number of allylic oxidation sites excluding steroid dienone is 11. The van der Waals surface area contributed by atoms with E-state index in [4.69, 9.17) is 4.74 Å². The molecule has 0 saturated heterocycles. The Kier molecular flexibility index (Phi) is 8.16. The smallest absolute Gasteiger partial charge is 0.254 e. The van der Waals surface area contributed by atoms with Crippen LogP contribution in [-0.4, -0.2) is 30.5 Å². The zero-order valence-corrected chi connectivity index (χ0v) is 17.6. The van der Waals surface area contributed by atoms with Gasteiger partial charge in [-0.25, -0.2) is 8.78 Å². The predicted octanol–water partition coefficient (Wildman–Crippen LogP) is 6.32. The molecule has 0 bridgehead atoms. The van der Waals surface area contributed by atoms with E-state index >= 15 is 0 Å². The molecule has 162 valence electrons. The first-order valence-corrected chi connectivity index (χ1v) is 10.5. The molecule has 31 heavy (non-hydrogen) atoms. The van der Waals surface area contributed by atoms with Gasteiger partial charge in [0.25, 0.3) is 5.91 Å². The standard InChI is InChI=1S/C26H27F2NO2/c1-2-29(18-7-19-31-23-11-6-10-22(28)16-17-23)26(30)25-13-4-3-12-24(25)20-8-5-9-21(27)15-14-20/h3-6,8-9,11-17,20H,2,7,10,18-19H2,1H3. The van der Waals surface area contributed by atoms with Gasteiger partial charge in [0.1, 0.15) is 17.4 Å². The zero-order chi connectivity index (χ0) is 22.1. The third-order valence-corrected chi connectivity index (χ3v) is 5.12. The van der Waals surface area contributed by atoms with Gasteiger partial charge in [0, 0.05) is 31.0 Å². The number of benzene rings is 1. The second-order valence-corrected chi connectivity index (χ2v) is 7.28. The average molecular weight is 424 g/mol. The van der Waals surface area contributed by atoms with E-state index in [1.165, 1.54) is 18.2 Å². The first-order valence-electron chi connectivity index (χ1n) is 10.5. The molecular formula is C26H27F2NO2. The fourth-order valence-electron chi connectivity index (χ4n) is 3.47. The largest absolute Gasteiger partial charge is 0.494 e. The molecule has 0 spiro atoms. The summed E-state index contributed by atoms with van der Waals surface area (Å²) in [5.41, 5.74) is 1.46. The van der Waals surface area contributed by atoms with Crippen LogP contribution in [0.2, 0.25) is 0 Å². The number of halogens is 2. The van der Waals surface area contributed by atoms with Crippen molar-refractivity contribution in [3.05, 3.63) is 107 Å². The van der Waals surface area contributed by atoms with E-state index in [0.717, 1.165) is 5.56 Å². The number of hydrogen-bond acceptors (Lipinski definition) is 2. The molecule has 0 aliphatic heterocycles. The van der Waals surface area contributed by atoms with Crippen LogP contribution < -0.4 is 0 Å². The molecule has 3 nitrogen and oxygen atoms in total. The van der Waals surface area contributed by atoms with Gasteiger partial charge < -0.3 is 9.64 Å². The summed E-state index contributed by atoms with van der Waals surface area (Å²) in [6.07, 6.45) is 15.6. The van der Waals surface area contributed by atoms with Crippen LogP contribution in [0.25, 0.3) is 0 Å². The van der Waals surface area contributed by atoms with E-state index in [9.17, 15) is 13.6 Å². The average Bonchev–Trinajstić information content (AvgIpc) is 3.13. The summed E-state index contributed by atoms with van der Waals surface area (Å²) in [5, 5.41) is 0. The minimum atomic E-state index is -0.311. The molecule has 1 aromatic rings. The fraction of sp³-hybridized carbons (Fsp3) is 0.269. The molecule has 0 radical (unpaired) electrons. The van der Waals surface area contributed by atoms with E-state index in [1.807, 2.05) is 37.3 Å². The molecule has 0 heterocycles. The van der Waals surface area contributed by atoms with Crippen LogP contribution in [0.4, 0.5) is 8.78 Å². The molecular weight excluding hydrogens is 396 g/mol. The maximum atomic E-state index is 13.5. The Morgan fingerprint density at radius 2 is 1.97 bits per heavy atom. The number of rotatable bonds is 8. The van der Waals surface area contributed by atoms with E-state index in [1.54, 1.807) is 35.3 Å². The van der Waals surface area contributed by atoms with Crippen molar-refractivity contribution in [3.63, 3.8) is 0 Å². The van der Waals surface area contributed by atoms with Crippen LogP contribution in [-0.2, 0) is 4.74 Å². The lowest BCUT2D eigenvalue weighted by Gasteiger charge is -2.23. The maximum absolute atomic E-state index is 13.5. The van der Waals surface area contributed by atoms with Crippen LogP contribution in [0.1, 0.15) is 41.6 Å². The topological polar surface area (TPSA) is 29.5 Å². The summed E-state index contributed by atoms with van der Waals surface area (Å²) in [6, 6.07) is 7.45. The number of nitrogens with zero attached hydrogens (tertiary/aromatic N) is 1. The summed E-state index contributed by atoms with van der Waals surface area (Å²) >= 11 is 0. The summed E-state index contributed by atoms with van der Waals surface area (Å²) in [4.78, 5) is 15.0. The Morgan fingerprint density at radius 1 is 1.13 bits per heavy atom. The summed E-state index contributed by atoms with van der Waals surface area (Å²) in [5.74, 6) is -0.131. The van der Waals surface area contributed by atoms with Crippen molar-refractivity contribution < 1.29 is 18.3 Å². The van der Waals surface area contributed by atoms with Crippen LogP contribution >= 0.6 is 0 Å². The lowest BCUT2D eigenvalue weighted by Crippen LogP contribution is -2.33. The fourth-order valence-corrected chi connectivity index (χ4v) is 3.47. The molecule has 0 saturated carbocycles. The SMILES string of the molecule is CCN(CCCOC1=CC=C(F)CC=C1)C(=O)c1ccccc1C1C=CC=C(F)C=C1. The van der Waals surface area contributed by atoms with Gasteiger partial charge >= 0.3 is 0 Å². The molecule has 2 aliphatic carbocycles. The quantitative estimate of drug-likeness (QED) is 0.458. The highest BCUT2D eigenvalue weighted by atomic mass is 19.1. The Labute approximate surface area is 182 Å². The van der Waals surface area contributed by atoms with Crippen LogP contribution in [0, 0.1) is 0 Å². The van der Waals surface area contributed by atoms with Crippen molar-refractivity contribution in [2.24, 2.45) is 0 Å². The Hall–Kier alpha value is -3.21. The van der Waals surface area contributed by atoms with E-state index in [2.05, 4.69) is 0 Å². The Bertz CT molecular complexity index is 969. The predicted molar refractivity (Wildman–Crippen MR) is 120 cm³/mol. The second-order valence-electron chi connectivity index (χ2n) is 7.28. The first-order chi connectivity index (χ1) is 15.1. The molecule has 0 fully saturated rings. The number of carbonyl (C=O) groups is 1. The van der Waals surface area contributed by atoms with Gasteiger partial charge in [-0.05, 0) is 55.4 Å². The normalized spacial score (nSPS) is 17.9. The van der Waals surface area contributed by atoms with E-state index in [-0.39, 0.29) is 29.9 Å². The highest BCUT2D eigenvalue weighted by molar-refractivity contribution is 5.96. The van der Waals surface area contributed by atoms with Crippen molar-refractivity contribution in [1.29, 1.82) is 0 Å². The molecule has 0 aromatic heterocycles. The Balaban J connectivity index is 1.63. The van der Waals surface area contributed by atoms with Crippen molar-refractivity contribution >= 4 is 5.91 Å². The van der Waals surface area contributed by atoms with Gasteiger partial charge in [0.15, 0.2) is 0 Å². The van der Waals surface area contributed by atoms with E-state index < -0.39 is 0 Å². The molecule has 1 aromatic carbocycles. The molecule has 1 atom stereocenters. The monoisotopic (exact) mass is 423 g/mol. The number of carbonyl (C=O) groups excluding carboxylic acids is 1. The zero-order valence-electron chi connectivity index (χ0n) is 17.6. The summed E-state index contributed by atoms with van der Waals surface area (Å²) < 4.78 is 32.5. The van der Waals surface area contributed by atoms with Crippen molar-refractivity contribution in [2.75, 3.05) is 19.7 Å². The summed E-state index contributed by atoms with van der Waals surface area (Å²) in [7, 11) is 0. The van der Waals surface area contributed by atoms with Crippen molar-refractivity contribution in [2.45, 2.75) is 25.7 Å². The third-order valence-electron chi connectivity index (χ3n) is 5.12. The van der Waals surface area contributed by atoms with Gasteiger partial charge in [-0.15, -0.1) is 0 Å². The van der Waals surface area contributed by atoms with Gasteiger partial charge in [-0.3, -0.25) is 4.79 Å². The van der Waals surface area contributed by atoms with Gasteiger partial charge in [-0.1, -0.05) is 42.5 Å². The molecule has 1 amide bonds. The Morgan fingerprint density at radius 3 is 2.81 bits per heavy atom. The van der Waals surface area contributed by atoms with Gasteiger partial charge in [0.05, 0.1) is 6.61 Å². The van der Waals surface area contributed by atoms with Gasteiger partial charge in [0.2, 0.25) is 0 Å². The second kappa shape index (κ2) is 11.3. The highest BCUT2D eigenvalue weighted by Gasteiger charge is 2.20. The van der Waals surface area contributed by atoms with Crippen molar-refractivity contribution in [3.8, 4) is 0 Å². The number of amides is 1. The number of hydrogen-bond donors (Lipinski definition) is 0. The minimum absolute atomic E-state index is 0.0591. The van der Waals surface area contributed by atoms with Crippen molar-refractivity contribution in [1.82, 2.24) is 4.90 Å². The van der Waals surface area contributed by atoms with Crippen LogP contribution in [0.3, 0.4) is 0 Å². The van der Waals surface area contributed by atoms with E-state index in [0.29, 0.717) is 37.4 Å². The minimum Gasteiger partial charge on any atom is -0.494 e. The molecule has 3 rings (SSSR count). The maximum Gasteiger partial charge on any atom is 0.254 e. The molecule has 2 aliphatic rings. The molecule has 1 unspecified atom stereocenters. The molecule has 0 N–H and O–H groups in total. The van der Waals surface area contributed by atoms with Gasteiger partial charge in [-0.2, -0.15) is 0 Å². The number of ether oxygens (including phenoxy) is 1. The van der Waals surface area contributed by atoms with Crippen LogP contribution in [0.15, 0.2) is 96.4 Å². The van der Waals surface area contributed by atoms with Crippen LogP contribution in [0.5, 0.6) is 0 Å². The third kappa shape index (κ3) is 6.38.